The van der Waals surface area contributed by atoms with Gasteiger partial charge in [0, 0.05) is 37.6 Å². The predicted octanol–water partition coefficient (Wildman–Crippen LogP) is 5.15. The van der Waals surface area contributed by atoms with E-state index in [0.717, 1.165) is 0 Å². The molecular weight excluding hydrogens is 710 g/mol. The van der Waals surface area contributed by atoms with Gasteiger partial charge in [-0.25, -0.2) is 9.59 Å². The number of cyclic esters (lactones) is 1. The number of likely N-dealkylation sites (N-methyl/N-ethyl adjacent to an activating group) is 1. The van der Waals surface area contributed by atoms with Crippen LogP contribution in [0.3, 0.4) is 0 Å². The number of esters is 2. The lowest BCUT2D eigenvalue weighted by molar-refractivity contribution is -0.294. The van der Waals surface area contributed by atoms with Gasteiger partial charge in [-0.1, -0.05) is 39.0 Å². The second-order valence-electron chi connectivity index (χ2n) is 15.1. The third-order valence-corrected chi connectivity index (χ3v) is 10.7. The Labute approximate surface area is 324 Å². The fourth-order valence-corrected chi connectivity index (χ4v) is 7.41. The zero-order chi connectivity index (χ0) is 40.6. The molecule has 0 saturated carbocycles. The Morgan fingerprint density at radius 3 is 2.35 bits per heavy atom. The average Bonchev–Trinajstić information content (AvgIpc) is 3.18. The van der Waals surface area contributed by atoms with Gasteiger partial charge in [0.05, 0.1) is 36.0 Å². The first-order chi connectivity index (χ1) is 26.0. The lowest BCUT2D eigenvalue weighted by atomic mass is 9.77. The fraction of sp³-hybridized carbons (Fsp3) is 0.610. The highest BCUT2D eigenvalue weighted by molar-refractivity contribution is 6.00. The number of ketones is 2. The first-order valence-corrected chi connectivity index (χ1v) is 18.9. The second-order valence-corrected chi connectivity index (χ2v) is 15.1. The Kier molecular flexibility index (Phi) is 15.1. The molecule has 1 fully saturated rings. The molecule has 0 bridgehead atoms. The number of carbonyl (C=O) groups is 5. The van der Waals surface area contributed by atoms with Gasteiger partial charge >= 0.3 is 18.0 Å². The van der Waals surface area contributed by atoms with Crippen LogP contribution < -0.4 is 0 Å². The number of rotatable bonds is 8. The number of aliphatic imine (C=N–C) groups is 1. The van der Waals surface area contributed by atoms with Gasteiger partial charge in [-0.05, 0) is 84.8 Å². The number of Topliss-reactive ketones (excluding diaryl/α,β-unsaturated/α-hetero) is 2. The molecule has 0 aromatic heterocycles. The summed E-state index contributed by atoms with van der Waals surface area (Å²) in [6, 6.07) is 8.26. The number of methoxy groups -OCH3 is 1. The van der Waals surface area contributed by atoms with Crippen LogP contribution in [0, 0.1) is 17.8 Å². The van der Waals surface area contributed by atoms with Crippen molar-refractivity contribution in [3.05, 3.63) is 59.9 Å². The van der Waals surface area contributed by atoms with Crippen molar-refractivity contribution in [2.24, 2.45) is 22.7 Å². The molecule has 302 valence electrons. The van der Waals surface area contributed by atoms with E-state index in [9.17, 15) is 24.0 Å². The highest BCUT2D eigenvalue weighted by Gasteiger charge is 2.50. The van der Waals surface area contributed by atoms with Gasteiger partial charge in [-0.15, -0.1) is 0 Å². The average molecular weight is 768 g/mol. The molecule has 55 heavy (non-hydrogen) atoms. The number of nitrogens with zero attached hydrogens (tertiary/aromatic N) is 3. The largest absolute Gasteiger partial charge is 0.458 e. The Balaban J connectivity index is 1.74. The van der Waals surface area contributed by atoms with Crippen molar-refractivity contribution in [3.63, 3.8) is 0 Å². The van der Waals surface area contributed by atoms with E-state index in [-0.39, 0.29) is 42.9 Å². The normalized spacial score (nSPS) is 34.7. The molecule has 14 nitrogen and oxygen atoms in total. The highest BCUT2D eigenvalue weighted by atomic mass is 16.7. The van der Waals surface area contributed by atoms with Crippen LogP contribution in [0.15, 0.2) is 59.4 Å². The van der Waals surface area contributed by atoms with Crippen molar-refractivity contribution >= 4 is 35.8 Å². The molecule has 0 radical (unpaired) electrons. The molecule has 3 heterocycles. The van der Waals surface area contributed by atoms with E-state index in [1.807, 2.05) is 25.9 Å². The highest BCUT2D eigenvalue weighted by Crippen LogP contribution is 2.38. The maximum absolute atomic E-state index is 14.4. The Morgan fingerprint density at radius 1 is 1.05 bits per heavy atom. The molecule has 1 aromatic rings. The van der Waals surface area contributed by atoms with Gasteiger partial charge in [0.1, 0.15) is 12.0 Å². The molecule has 14 heteroatoms. The van der Waals surface area contributed by atoms with Crippen LogP contribution in [0.4, 0.5) is 4.79 Å². The number of hydrogen-bond acceptors (Lipinski definition) is 13. The van der Waals surface area contributed by atoms with Crippen LogP contribution in [-0.4, -0.2) is 122 Å². The van der Waals surface area contributed by atoms with Crippen LogP contribution in [0.5, 0.6) is 0 Å². The summed E-state index contributed by atoms with van der Waals surface area (Å²) in [5.41, 5.74) is -0.681. The zero-order valence-electron chi connectivity index (χ0n) is 33.6. The molecule has 1 amide bonds. The topological polar surface area (TPSA) is 160 Å². The lowest BCUT2D eigenvalue weighted by Gasteiger charge is -2.47. The van der Waals surface area contributed by atoms with E-state index in [2.05, 4.69) is 4.99 Å². The summed E-state index contributed by atoms with van der Waals surface area (Å²) in [7, 11) is 5.22. The van der Waals surface area contributed by atoms with Gasteiger partial charge in [0.2, 0.25) is 0 Å². The molecule has 4 rings (SSSR count). The third kappa shape index (κ3) is 10.5. The van der Waals surface area contributed by atoms with E-state index in [4.69, 9.17) is 28.4 Å². The summed E-state index contributed by atoms with van der Waals surface area (Å²) in [4.78, 5) is 76.0. The molecule has 0 spiro atoms. The number of carbonyl (C=O) groups excluding carboxylic acids is 5. The number of benzene rings is 1. The number of hydrogen-bond donors (Lipinski definition) is 0. The molecule has 1 saturated heterocycles. The van der Waals surface area contributed by atoms with Gasteiger partial charge in [0.25, 0.3) is 0 Å². The lowest BCUT2D eigenvalue weighted by Crippen LogP contribution is -2.60. The molecular formula is C41H57N3O11. The van der Waals surface area contributed by atoms with Crippen LogP contribution in [0.2, 0.25) is 0 Å². The van der Waals surface area contributed by atoms with Crippen LogP contribution in [0.25, 0.3) is 0 Å². The predicted molar refractivity (Wildman–Crippen MR) is 203 cm³/mol. The number of amides is 1. The SMILES string of the molecule is CC[C@H]1OC(=O)[C@H](C)C(=O)[C@H](C)[C@@H](O[C@@H]2O[C@H](C)C[C@H](N(C)C)[C@H]2OC(=O)c2ccccc2)[C@@](C)(OC)C[C@@H](C)C(=O)/C(C)=C\[C@@H]1OC(=O)N1C=CN=CC1. The summed E-state index contributed by atoms with van der Waals surface area (Å²) in [6.07, 6.45) is 0.374. The van der Waals surface area contributed by atoms with Crippen molar-refractivity contribution in [2.45, 2.75) is 116 Å². The quantitative estimate of drug-likeness (QED) is 0.195. The number of allylic oxidation sites excluding steroid dienone is 1. The van der Waals surface area contributed by atoms with Gasteiger partial charge in [0.15, 0.2) is 30.1 Å². The smallest absolute Gasteiger partial charge is 0.414 e. The first kappa shape index (κ1) is 43.5. The molecule has 1 aromatic carbocycles. The Hall–Kier alpha value is -4.24. The van der Waals surface area contributed by atoms with E-state index in [0.29, 0.717) is 12.0 Å². The van der Waals surface area contributed by atoms with Crippen molar-refractivity contribution in [1.29, 1.82) is 0 Å². The molecule has 11 atom stereocenters. The summed E-state index contributed by atoms with van der Waals surface area (Å²) in [6.45, 7) is 12.0. The Morgan fingerprint density at radius 2 is 1.75 bits per heavy atom. The Bertz CT molecular complexity index is 1630. The minimum Gasteiger partial charge on any atom is -0.458 e. The van der Waals surface area contributed by atoms with E-state index >= 15 is 0 Å². The van der Waals surface area contributed by atoms with Crippen molar-refractivity contribution in [1.82, 2.24) is 9.80 Å². The van der Waals surface area contributed by atoms with Gasteiger partial charge < -0.3 is 33.3 Å². The number of ether oxygens (including phenoxy) is 6. The summed E-state index contributed by atoms with van der Waals surface area (Å²) >= 11 is 0. The van der Waals surface area contributed by atoms with Crippen molar-refractivity contribution < 1.29 is 52.4 Å². The summed E-state index contributed by atoms with van der Waals surface area (Å²) < 4.78 is 37.2. The van der Waals surface area contributed by atoms with Crippen LogP contribution in [-0.2, 0) is 42.8 Å². The summed E-state index contributed by atoms with van der Waals surface area (Å²) in [5.74, 6) is -5.14. The van der Waals surface area contributed by atoms with Crippen LogP contribution >= 0.6 is 0 Å². The minimum absolute atomic E-state index is 0.0854. The molecule has 0 unspecified atom stereocenters. The molecule has 3 aliphatic heterocycles. The third-order valence-electron chi connectivity index (χ3n) is 10.7. The van der Waals surface area contributed by atoms with Crippen molar-refractivity contribution in [2.75, 3.05) is 27.7 Å². The standard InChI is InChI=1S/C41H57N3O11/c1-11-31-32(53-40(49)44-19-17-42-18-20-44)21-24(2)33(45)25(3)23-41(7,50-10)36(27(5)34(46)28(6)37(47)52-31)55-39-35(30(43(8)9)22-26(4)51-39)54-38(48)29-15-13-12-14-16-29/h12-19,21,25-28,30-32,35-36,39H,11,20,22-23H2,1-10H3/b24-21-/t25-,26-,27+,28-,30+,31-,32+,35-,36-,39+,41+/m1/s1. The molecule has 0 aliphatic carbocycles. The summed E-state index contributed by atoms with van der Waals surface area (Å²) in [5, 5.41) is 0. The maximum Gasteiger partial charge on any atom is 0.414 e. The molecule has 0 N–H and O–H groups in total. The monoisotopic (exact) mass is 767 g/mol. The maximum atomic E-state index is 14.4. The van der Waals surface area contributed by atoms with E-state index in [1.165, 1.54) is 43.6 Å². The van der Waals surface area contributed by atoms with Gasteiger partial charge in [-0.3, -0.25) is 24.3 Å². The second kappa shape index (κ2) is 19.1. The minimum atomic E-state index is -1.32. The van der Waals surface area contributed by atoms with Crippen molar-refractivity contribution in [3.8, 4) is 0 Å². The van der Waals surface area contributed by atoms with E-state index < -0.39 is 77.9 Å². The van der Waals surface area contributed by atoms with E-state index in [1.54, 1.807) is 65.0 Å². The molecule has 3 aliphatic rings. The first-order valence-electron chi connectivity index (χ1n) is 18.9. The van der Waals surface area contributed by atoms with Crippen LogP contribution in [0.1, 0.15) is 78.1 Å². The zero-order valence-corrected chi connectivity index (χ0v) is 33.6. The van der Waals surface area contributed by atoms with Gasteiger partial charge in [-0.2, -0.15) is 0 Å². The fourth-order valence-electron chi connectivity index (χ4n) is 7.41.